The average molecular weight is 394 g/mol. The number of carbonyl (C=O) groups excluding carboxylic acids is 1. The number of anilines is 2. The second-order valence-corrected chi connectivity index (χ2v) is 5.99. The molecule has 0 bridgehead atoms. The molecule has 0 saturated carbocycles. The Bertz CT molecular complexity index is 668. The van der Waals surface area contributed by atoms with Crippen LogP contribution in [0.2, 0.25) is 15.1 Å². The maximum Gasteiger partial charge on any atom is 0.255 e. The molecule has 1 amide bonds. The zero-order valence-corrected chi connectivity index (χ0v) is 13.7. The molecule has 0 spiro atoms. The third-order valence-electron chi connectivity index (χ3n) is 2.50. The number of hydrogen-bond donors (Lipinski definition) is 2. The van der Waals surface area contributed by atoms with Crippen LogP contribution < -0.4 is 11.1 Å². The lowest BCUT2D eigenvalue weighted by Crippen LogP contribution is -2.12. The summed E-state index contributed by atoms with van der Waals surface area (Å²) >= 11 is 20.9. The summed E-state index contributed by atoms with van der Waals surface area (Å²) in [5, 5.41) is 3.74. The predicted octanol–water partition coefficient (Wildman–Crippen LogP) is 5.24. The number of carbonyl (C=O) groups is 1. The summed E-state index contributed by atoms with van der Waals surface area (Å²) in [5.74, 6) is -0.343. The van der Waals surface area contributed by atoms with E-state index in [9.17, 15) is 4.79 Å². The van der Waals surface area contributed by atoms with Gasteiger partial charge in [0.2, 0.25) is 0 Å². The highest BCUT2D eigenvalue weighted by Crippen LogP contribution is 2.30. The molecule has 2 aromatic rings. The minimum Gasteiger partial charge on any atom is -0.397 e. The molecule has 104 valence electrons. The van der Waals surface area contributed by atoms with Gasteiger partial charge < -0.3 is 11.1 Å². The van der Waals surface area contributed by atoms with E-state index in [1.807, 2.05) is 0 Å². The third-order valence-corrected chi connectivity index (χ3v) is 4.53. The zero-order chi connectivity index (χ0) is 14.9. The molecule has 0 aliphatic heterocycles. The normalized spacial score (nSPS) is 10.4. The molecule has 7 heteroatoms. The average Bonchev–Trinajstić information content (AvgIpc) is 2.39. The topological polar surface area (TPSA) is 55.1 Å². The summed E-state index contributed by atoms with van der Waals surface area (Å²) in [6.45, 7) is 0. The first-order chi connectivity index (χ1) is 9.38. The molecule has 0 atom stereocenters. The van der Waals surface area contributed by atoms with Crippen LogP contribution in [0.4, 0.5) is 11.4 Å². The van der Waals surface area contributed by atoms with Crippen molar-refractivity contribution >= 4 is 68.0 Å². The summed E-state index contributed by atoms with van der Waals surface area (Å²) in [5.41, 5.74) is 6.84. The van der Waals surface area contributed by atoms with Gasteiger partial charge in [0.25, 0.3) is 5.91 Å². The van der Waals surface area contributed by atoms with Crippen LogP contribution in [0.5, 0.6) is 0 Å². The molecule has 3 N–H and O–H groups in total. The minimum absolute atomic E-state index is 0.231. The first-order valence-corrected chi connectivity index (χ1v) is 7.32. The van der Waals surface area contributed by atoms with Crippen LogP contribution in [0.15, 0.2) is 34.8 Å². The van der Waals surface area contributed by atoms with Crippen LogP contribution in [0, 0.1) is 0 Å². The van der Waals surface area contributed by atoms with Crippen molar-refractivity contribution in [3.63, 3.8) is 0 Å². The van der Waals surface area contributed by atoms with Crippen molar-refractivity contribution in [1.29, 1.82) is 0 Å². The number of rotatable bonds is 2. The molecule has 2 rings (SSSR count). The van der Waals surface area contributed by atoms with Crippen molar-refractivity contribution in [1.82, 2.24) is 0 Å². The smallest absolute Gasteiger partial charge is 0.255 e. The molecule has 0 unspecified atom stereocenters. The SMILES string of the molecule is Nc1cc(C(=O)Nc2ccc(Cl)c(Br)c2)cc(Cl)c1Cl. The summed E-state index contributed by atoms with van der Waals surface area (Å²) in [4.78, 5) is 12.1. The lowest BCUT2D eigenvalue weighted by molar-refractivity contribution is 0.102. The molecule has 0 fully saturated rings. The molecular formula is C13H8BrCl3N2O. The lowest BCUT2D eigenvalue weighted by Gasteiger charge is -2.08. The van der Waals surface area contributed by atoms with Crippen LogP contribution in [0.1, 0.15) is 10.4 Å². The fourth-order valence-corrected chi connectivity index (χ4v) is 2.35. The second kappa shape index (κ2) is 6.22. The van der Waals surface area contributed by atoms with Gasteiger partial charge in [-0.05, 0) is 46.3 Å². The molecule has 0 saturated heterocycles. The highest BCUT2D eigenvalue weighted by Gasteiger charge is 2.12. The van der Waals surface area contributed by atoms with E-state index in [-0.39, 0.29) is 21.6 Å². The number of hydrogen-bond acceptors (Lipinski definition) is 2. The van der Waals surface area contributed by atoms with Gasteiger partial charge in [0.15, 0.2) is 0 Å². The molecule has 0 aliphatic carbocycles. The van der Waals surface area contributed by atoms with E-state index < -0.39 is 0 Å². The van der Waals surface area contributed by atoms with Crippen molar-refractivity contribution < 1.29 is 4.79 Å². The third kappa shape index (κ3) is 3.38. The van der Waals surface area contributed by atoms with E-state index in [0.29, 0.717) is 20.7 Å². The van der Waals surface area contributed by atoms with Gasteiger partial charge in [0.1, 0.15) is 0 Å². The van der Waals surface area contributed by atoms with Gasteiger partial charge in [-0.1, -0.05) is 34.8 Å². The highest BCUT2D eigenvalue weighted by molar-refractivity contribution is 9.10. The van der Waals surface area contributed by atoms with Crippen molar-refractivity contribution in [3.8, 4) is 0 Å². The number of nitrogen functional groups attached to an aromatic ring is 1. The zero-order valence-electron chi connectivity index (χ0n) is 9.88. The van der Waals surface area contributed by atoms with Crippen LogP contribution in [0.3, 0.4) is 0 Å². The Labute approximate surface area is 139 Å². The molecule has 0 radical (unpaired) electrons. The minimum atomic E-state index is -0.343. The fraction of sp³-hybridized carbons (Fsp3) is 0. The van der Waals surface area contributed by atoms with E-state index in [1.54, 1.807) is 18.2 Å². The Kier molecular flexibility index (Phi) is 4.81. The first kappa shape index (κ1) is 15.4. The summed E-state index contributed by atoms with van der Waals surface area (Å²) in [6.07, 6.45) is 0. The van der Waals surface area contributed by atoms with E-state index in [1.165, 1.54) is 12.1 Å². The maximum absolute atomic E-state index is 12.1. The van der Waals surface area contributed by atoms with Gasteiger partial charge in [0.05, 0.1) is 20.8 Å². The monoisotopic (exact) mass is 392 g/mol. The quantitative estimate of drug-likeness (QED) is 0.684. The molecule has 0 aliphatic rings. The van der Waals surface area contributed by atoms with Gasteiger partial charge in [-0.25, -0.2) is 0 Å². The van der Waals surface area contributed by atoms with E-state index in [0.717, 1.165) is 0 Å². The summed E-state index contributed by atoms with van der Waals surface area (Å²) in [6, 6.07) is 7.98. The predicted molar refractivity (Wildman–Crippen MR) is 88.0 cm³/mol. The fourth-order valence-electron chi connectivity index (χ4n) is 1.52. The Balaban J connectivity index is 2.26. The number of halogens is 4. The molecule has 3 nitrogen and oxygen atoms in total. The van der Waals surface area contributed by atoms with Crippen LogP contribution in [0.25, 0.3) is 0 Å². The maximum atomic E-state index is 12.1. The second-order valence-electron chi connectivity index (χ2n) is 3.94. The largest absolute Gasteiger partial charge is 0.397 e. The van der Waals surface area contributed by atoms with Crippen LogP contribution >= 0.6 is 50.7 Å². The van der Waals surface area contributed by atoms with Gasteiger partial charge >= 0.3 is 0 Å². The molecule has 0 heterocycles. The number of nitrogens with two attached hydrogens (primary N) is 1. The van der Waals surface area contributed by atoms with Crippen molar-refractivity contribution in [2.24, 2.45) is 0 Å². The van der Waals surface area contributed by atoms with Crippen LogP contribution in [-0.2, 0) is 0 Å². The number of amides is 1. The van der Waals surface area contributed by atoms with E-state index in [4.69, 9.17) is 40.5 Å². The van der Waals surface area contributed by atoms with Crippen molar-refractivity contribution in [2.45, 2.75) is 0 Å². The van der Waals surface area contributed by atoms with Crippen molar-refractivity contribution in [2.75, 3.05) is 11.1 Å². The first-order valence-electron chi connectivity index (χ1n) is 5.39. The number of nitrogens with one attached hydrogen (secondary N) is 1. The Morgan fingerprint density at radius 1 is 1.10 bits per heavy atom. The highest BCUT2D eigenvalue weighted by atomic mass is 79.9. The van der Waals surface area contributed by atoms with E-state index in [2.05, 4.69) is 21.2 Å². The Hall–Kier alpha value is -0.940. The standard InChI is InChI=1S/C13H8BrCl3N2O/c14-8-5-7(1-2-9(8)15)19-13(20)6-3-10(16)12(17)11(18)4-6/h1-5H,18H2,(H,19,20). The van der Waals surface area contributed by atoms with Gasteiger partial charge in [-0.3, -0.25) is 4.79 Å². The molecule has 20 heavy (non-hydrogen) atoms. The molecule has 0 aromatic heterocycles. The summed E-state index contributed by atoms with van der Waals surface area (Å²) in [7, 11) is 0. The van der Waals surface area contributed by atoms with Gasteiger partial charge in [0, 0.05) is 15.7 Å². The van der Waals surface area contributed by atoms with Crippen LogP contribution in [-0.4, -0.2) is 5.91 Å². The molecule has 2 aromatic carbocycles. The van der Waals surface area contributed by atoms with Gasteiger partial charge in [-0.2, -0.15) is 0 Å². The number of benzene rings is 2. The summed E-state index contributed by atoms with van der Waals surface area (Å²) < 4.78 is 0.686. The Morgan fingerprint density at radius 3 is 2.40 bits per heavy atom. The molecular weight excluding hydrogens is 386 g/mol. The Morgan fingerprint density at radius 2 is 1.80 bits per heavy atom. The van der Waals surface area contributed by atoms with Crippen molar-refractivity contribution in [3.05, 3.63) is 55.4 Å². The van der Waals surface area contributed by atoms with E-state index >= 15 is 0 Å². The van der Waals surface area contributed by atoms with Gasteiger partial charge in [-0.15, -0.1) is 0 Å². The lowest BCUT2D eigenvalue weighted by atomic mass is 10.2.